The standard InChI is InChI=1S/C24H17N7/c1-14-6-7-17(15-4-2-10-25-12-15)21-20(14)28-24(29-21)23-22-19(30-31-23)9-8-18(27-22)16-5-3-11-26-13-16/h2-13H,1H3,(H,28,29)(H,30,31). The van der Waals surface area contributed by atoms with Crippen molar-refractivity contribution in [1.82, 2.24) is 35.1 Å². The molecule has 0 aliphatic carbocycles. The van der Waals surface area contributed by atoms with Crippen LogP contribution in [0, 0.1) is 6.92 Å². The van der Waals surface area contributed by atoms with Crippen LogP contribution >= 0.6 is 0 Å². The van der Waals surface area contributed by atoms with Gasteiger partial charge in [0.15, 0.2) is 11.5 Å². The number of nitrogens with zero attached hydrogens (tertiary/aromatic N) is 5. The van der Waals surface area contributed by atoms with Gasteiger partial charge in [0.2, 0.25) is 0 Å². The van der Waals surface area contributed by atoms with E-state index in [9.17, 15) is 0 Å². The van der Waals surface area contributed by atoms with E-state index in [1.54, 1.807) is 18.6 Å². The molecule has 148 valence electrons. The predicted molar refractivity (Wildman–Crippen MR) is 120 cm³/mol. The van der Waals surface area contributed by atoms with Crippen LogP contribution in [0.3, 0.4) is 0 Å². The highest BCUT2D eigenvalue weighted by molar-refractivity contribution is 5.97. The van der Waals surface area contributed by atoms with Gasteiger partial charge in [0, 0.05) is 41.5 Å². The monoisotopic (exact) mass is 403 g/mol. The van der Waals surface area contributed by atoms with Crippen molar-refractivity contribution >= 4 is 22.1 Å². The summed E-state index contributed by atoms with van der Waals surface area (Å²) in [5.41, 5.74) is 9.15. The molecule has 2 N–H and O–H groups in total. The Kier molecular flexibility index (Phi) is 3.86. The molecular formula is C24H17N7. The number of hydrogen-bond acceptors (Lipinski definition) is 5. The maximum absolute atomic E-state index is 4.88. The number of imidazole rings is 1. The van der Waals surface area contributed by atoms with E-state index in [0.29, 0.717) is 11.5 Å². The Morgan fingerprint density at radius 1 is 0.774 bits per heavy atom. The molecule has 0 radical (unpaired) electrons. The molecule has 7 nitrogen and oxygen atoms in total. The van der Waals surface area contributed by atoms with E-state index in [-0.39, 0.29) is 0 Å². The van der Waals surface area contributed by atoms with Gasteiger partial charge in [-0.1, -0.05) is 18.2 Å². The van der Waals surface area contributed by atoms with Gasteiger partial charge in [-0.25, -0.2) is 9.97 Å². The van der Waals surface area contributed by atoms with Gasteiger partial charge in [-0.05, 0) is 42.8 Å². The quantitative estimate of drug-likeness (QED) is 0.437. The fraction of sp³-hybridized carbons (Fsp3) is 0.0417. The van der Waals surface area contributed by atoms with Crippen molar-refractivity contribution in [3.63, 3.8) is 0 Å². The number of H-pyrrole nitrogens is 2. The smallest absolute Gasteiger partial charge is 0.161 e. The summed E-state index contributed by atoms with van der Waals surface area (Å²) in [6, 6.07) is 16.0. The van der Waals surface area contributed by atoms with Crippen molar-refractivity contribution in [1.29, 1.82) is 0 Å². The average Bonchev–Trinajstić information content (AvgIpc) is 3.45. The summed E-state index contributed by atoms with van der Waals surface area (Å²) in [7, 11) is 0. The number of aryl methyl sites for hydroxylation is 1. The number of aromatic nitrogens is 7. The topological polar surface area (TPSA) is 96.0 Å². The molecule has 0 saturated carbocycles. The molecule has 7 heteroatoms. The van der Waals surface area contributed by atoms with Crippen molar-refractivity contribution < 1.29 is 0 Å². The van der Waals surface area contributed by atoms with E-state index < -0.39 is 0 Å². The van der Waals surface area contributed by atoms with Crippen molar-refractivity contribution in [3.8, 4) is 33.9 Å². The number of rotatable bonds is 3. The van der Waals surface area contributed by atoms with Crippen LogP contribution in [0.15, 0.2) is 73.3 Å². The third kappa shape index (κ3) is 2.86. The van der Waals surface area contributed by atoms with Gasteiger partial charge in [0.25, 0.3) is 0 Å². The summed E-state index contributed by atoms with van der Waals surface area (Å²) in [5, 5.41) is 7.59. The largest absolute Gasteiger partial charge is 0.336 e. The van der Waals surface area contributed by atoms with E-state index in [1.807, 2.05) is 42.6 Å². The van der Waals surface area contributed by atoms with Crippen LogP contribution in [0.1, 0.15) is 5.56 Å². The Balaban J connectivity index is 1.55. The summed E-state index contributed by atoms with van der Waals surface area (Å²) in [4.78, 5) is 21.7. The molecule has 0 fully saturated rings. The van der Waals surface area contributed by atoms with E-state index in [0.717, 1.165) is 50.0 Å². The van der Waals surface area contributed by atoms with E-state index in [2.05, 4.69) is 44.2 Å². The van der Waals surface area contributed by atoms with E-state index in [4.69, 9.17) is 9.97 Å². The van der Waals surface area contributed by atoms with Crippen LogP contribution in [0.4, 0.5) is 0 Å². The first-order chi connectivity index (χ1) is 15.3. The molecule has 0 amide bonds. The van der Waals surface area contributed by atoms with Gasteiger partial charge in [0.05, 0.1) is 22.2 Å². The number of hydrogen-bond donors (Lipinski definition) is 2. The maximum atomic E-state index is 4.88. The number of aromatic amines is 2. The highest BCUT2D eigenvalue weighted by Gasteiger charge is 2.17. The van der Waals surface area contributed by atoms with Gasteiger partial charge in [-0.2, -0.15) is 5.10 Å². The molecule has 6 rings (SSSR count). The summed E-state index contributed by atoms with van der Waals surface area (Å²) in [6.45, 7) is 2.06. The fourth-order valence-electron chi connectivity index (χ4n) is 3.84. The van der Waals surface area contributed by atoms with Gasteiger partial charge >= 0.3 is 0 Å². The SMILES string of the molecule is Cc1ccc(-c2cccnc2)c2[nH]c(-c3n[nH]c4ccc(-c5cccnc5)nc34)nc12. The molecule has 5 aromatic heterocycles. The molecule has 0 atom stereocenters. The molecule has 31 heavy (non-hydrogen) atoms. The Labute approximate surface area is 177 Å². The zero-order valence-corrected chi connectivity index (χ0v) is 16.7. The molecule has 0 aliphatic rings. The van der Waals surface area contributed by atoms with Gasteiger partial charge in [-0.15, -0.1) is 0 Å². The molecule has 0 unspecified atom stereocenters. The zero-order valence-electron chi connectivity index (χ0n) is 16.7. The minimum absolute atomic E-state index is 0.677. The minimum Gasteiger partial charge on any atom is -0.336 e. The van der Waals surface area contributed by atoms with Crippen molar-refractivity contribution in [2.24, 2.45) is 0 Å². The molecule has 0 bridgehead atoms. The van der Waals surface area contributed by atoms with Crippen LogP contribution < -0.4 is 0 Å². The van der Waals surface area contributed by atoms with E-state index in [1.165, 1.54) is 0 Å². The first kappa shape index (κ1) is 17.5. The van der Waals surface area contributed by atoms with Gasteiger partial charge < -0.3 is 4.98 Å². The Morgan fingerprint density at radius 3 is 2.35 bits per heavy atom. The number of pyridine rings is 3. The van der Waals surface area contributed by atoms with Crippen LogP contribution in [-0.2, 0) is 0 Å². The van der Waals surface area contributed by atoms with Crippen LogP contribution in [0.5, 0.6) is 0 Å². The highest BCUT2D eigenvalue weighted by atomic mass is 15.1. The second kappa shape index (κ2) is 6.84. The number of nitrogens with one attached hydrogen (secondary N) is 2. The maximum Gasteiger partial charge on any atom is 0.161 e. The lowest BCUT2D eigenvalue weighted by molar-refractivity contribution is 1.10. The summed E-state index contributed by atoms with van der Waals surface area (Å²) in [6.07, 6.45) is 7.19. The lowest BCUT2D eigenvalue weighted by Crippen LogP contribution is -1.87. The number of benzene rings is 1. The molecule has 0 saturated heterocycles. The molecule has 1 aromatic carbocycles. The zero-order chi connectivity index (χ0) is 20.8. The average molecular weight is 403 g/mol. The molecule has 5 heterocycles. The molecule has 0 spiro atoms. The van der Waals surface area contributed by atoms with Gasteiger partial charge in [-0.3, -0.25) is 15.1 Å². The summed E-state index contributed by atoms with van der Waals surface area (Å²) < 4.78 is 0. The minimum atomic E-state index is 0.677. The Hall–Kier alpha value is -4.39. The van der Waals surface area contributed by atoms with Crippen molar-refractivity contribution in [3.05, 3.63) is 78.9 Å². The summed E-state index contributed by atoms with van der Waals surface area (Å²) >= 11 is 0. The summed E-state index contributed by atoms with van der Waals surface area (Å²) in [5.74, 6) is 0.677. The lowest BCUT2D eigenvalue weighted by atomic mass is 10.0. The fourth-order valence-corrected chi connectivity index (χ4v) is 3.84. The van der Waals surface area contributed by atoms with Crippen LogP contribution in [0.25, 0.3) is 56.0 Å². The van der Waals surface area contributed by atoms with Gasteiger partial charge in [0.1, 0.15) is 5.52 Å². The number of fused-ring (bicyclic) bond motifs is 2. The van der Waals surface area contributed by atoms with E-state index >= 15 is 0 Å². The second-order valence-corrected chi connectivity index (χ2v) is 7.39. The highest BCUT2D eigenvalue weighted by Crippen LogP contribution is 2.32. The third-order valence-electron chi connectivity index (χ3n) is 5.41. The third-order valence-corrected chi connectivity index (χ3v) is 5.41. The Bertz CT molecular complexity index is 1530. The first-order valence-electron chi connectivity index (χ1n) is 9.93. The Morgan fingerprint density at radius 2 is 1.58 bits per heavy atom. The second-order valence-electron chi connectivity index (χ2n) is 7.39. The molecule has 0 aliphatic heterocycles. The lowest BCUT2D eigenvalue weighted by Gasteiger charge is -2.03. The van der Waals surface area contributed by atoms with Crippen LogP contribution in [-0.4, -0.2) is 35.1 Å². The normalized spacial score (nSPS) is 11.4. The van der Waals surface area contributed by atoms with Crippen molar-refractivity contribution in [2.75, 3.05) is 0 Å². The van der Waals surface area contributed by atoms with Crippen molar-refractivity contribution in [2.45, 2.75) is 6.92 Å². The first-order valence-corrected chi connectivity index (χ1v) is 9.93. The molecular weight excluding hydrogens is 386 g/mol. The predicted octanol–water partition coefficient (Wildman–Crippen LogP) is 4.93. The molecule has 6 aromatic rings. The van der Waals surface area contributed by atoms with Crippen LogP contribution in [0.2, 0.25) is 0 Å².